The monoisotopic (exact) mass is 1170 g/mol. The highest BCUT2D eigenvalue weighted by Crippen LogP contribution is 2.19. The van der Waals surface area contributed by atoms with Gasteiger partial charge in [-0.2, -0.15) is 0 Å². The molecule has 0 aromatic carbocycles. The minimum atomic E-state index is -0.843. The number of aliphatic hydroxyl groups is 2. The van der Waals surface area contributed by atoms with Crippen LogP contribution in [0.5, 0.6) is 0 Å². The molecule has 0 fully saturated rings. The molecule has 0 aliphatic rings. The fourth-order valence-electron chi connectivity index (χ4n) is 11.9. The summed E-state index contributed by atoms with van der Waals surface area (Å²) < 4.78 is 5.51. The van der Waals surface area contributed by atoms with Crippen molar-refractivity contribution in [1.29, 1.82) is 0 Å². The van der Waals surface area contributed by atoms with Crippen LogP contribution < -0.4 is 5.32 Å². The van der Waals surface area contributed by atoms with Crippen molar-refractivity contribution in [2.24, 2.45) is 0 Å². The molecule has 3 N–H and O–H groups in total. The lowest BCUT2D eigenvalue weighted by molar-refractivity contribution is -0.143. The van der Waals surface area contributed by atoms with Gasteiger partial charge in [0.05, 0.1) is 25.4 Å². The summed E-state index contributed by atoms with van der Waals surface area (Å²) in [5.74, 6) is -0.0448. The highest BCUT2D eigenvalue weighted by molar-refractivity contribution is 5.76. The molecule has 0 aliphatic carbocycles. The maximum Gasteiger partial charge on any atom is 0.305 e. The van der Waals surface area contributed by atoms with E-state index in [1.807, 2.05) is 6.08 Å². The summed E-state index contributed by atoms with van der Waals surface area (Å²) >= 11 is 0. The molecule has 0 aromatic heterocycles. The van der Waals surface area contributed by atoms with Gasteiger partial charge in [-0.1, -0.05) is 378 Å². The minimum Gasteiger partial charge on any atom is -0.466 e. The molecule has 6 heteroatoms. The van der Waals surface area contributed by atoms with Crippen LogP contribution in [0.3, 0.4) is 0 Å². The van der Waals surface area contributed by atoms with E-state index in [-0.39, 0.29) is 18.5 Å². The quantitative estimate of drug-likeness (QED) is 0.0320. The summed E-state index contributed by atoms with van der Waals surface area (Å²) in [4.78, 5) is 24.6. The summed E-state index contributed by atoms with van der Waals surface area (Å²) in [5.41, 5.74) is 0. The Morgan fingerprint density at radius 3 is 0.916 bits per heavy atom. The second-order valence-corrected chi connectivity index (χ2v) is 26.0. The number of carbonyl (C=O) groups excluding carboxylic acids is 2. The van der Waals surface area contributed by atoms with Gasteiger partial charge in [-0.3, -0.25) is 9.59 Å². The third-order valence-electron chi connectivity index (χ3n) is 17.7. The third kappa shape index (κ3) is 69.1. The first kappa shape index (κ1) is 81.1. The highest BCUT2D eigenvalue weighted by Gasteiger charge is 2.18. The van der Waals surface area contributed by atoms with Gasteiger partial charge in [0.2, 0.25) is 5.91 Å². The Morgan fingerprint density at radius 2 is 0.602 bits per heavy atom. The summed E-state index contributed by atoms with van der Waals surface area (Å²) in [7, 11) is 0. The fraction of sp³-hybridized carbons (Fsp3) is 0.896. The van der Waals surface area contributed by atoms with Gasteiger partial charge in [0.25, 0.3) is 0 Å². The Labute approximate surface area is 519 Å². The number of aliphatic hydroxyl groups excluding tert-OH is 2. The van der Waals surface area contributed by atoms with Crippen molar-refractivity contribution in [2.75, 3.05) is 13.2 Å². The van der Waals surface area contributed by atoms with E-state index in [9.17, 15) is 19.8 Å². The molecular formula is C77H147NO5. The zero-order valence-electron chi connectivity index (χ0n) is 56.2. The SMILES string of the molecule is CCCCCCCCCCCCCC/C=C/C(O)C(CO)NC(=O)CCCCCCCCCCCCCCCCCCC/C=C\C/C=C\CCCCCCCCCCCOC(=O)CCCCCCCCCCCCCCCCCCCCC. The van der Waals surface area contributed by atoms with Gasteiger partial charge in [-0.25, -0.2) is 0 Å². The number of allylic oxidation sites excluding steroid dienone is 5. The Morgan fingerprint density at radius 1 is 0.337 bits per heavy atom. The second kappa shape index (κ2) is 72.6. The average Bonchev–Trinajstić information content (AvgIpc) is 3.49. The van der Waals surface area contributed by atoms with Crippen molar-refractivity contribution in [3.05, 3.63) is 36.5 Å². The van der Waals surface area contributed by atoms with Crippen molar-refractivity contribution < 1.29 is 24.5 Å². The van der Waals surface area contributed by atoms with Crippen LogP contribution in [-0.4, -0.2) is 47.4 Å². The van der Waals surface area contributed by atoms with Crippen LogP contribution >= 0.6 is 0 Å². The van der Waals surface area contributed by atoms with Crippen LogP contribution in [0.4, 0.5) is 0 Å². The van der Waals surface area contributed by atoms with Crippen molar-refractivity contribution >= 4 is 11.9 Å². The summed E-state index contributed by atoms with van der Waals surface area (Å²) in [6.07, 6.45) is 94.0. The number of nitrogens with one attached hydrogen (secondary N) is 1. The first-order valence-electron chi connectivity index (χ1n) is 37.8. The van der Waals surface area contributed by atoms with Gasteiger partial charge in [0.15, 0.2) is 0 Å². The zero-order chi connectivity index (χ0) is 59.9. The molecule has 0 aromatic rings. The minimum absolute atomic E-state index is 0.0193. The molecular weight excluding hydrogens is 1020 g/mol. The topological polar surface area (TPSA) is 95.9 Å². The van der Waals surface area contributed by atoms with E-state index in [0.717, 1.165) is 44.9 Å². The van der Waals surface area contributed by atoms with Crippen LogP contribution in [0.25, 0.3) is 0 Å². The van der Waals surface area contributed by atoms with E-state index in [2.05, 4.69) is 43.5 Å². The fourth-order valence-corrected chi connectivity index (χ4v) is 11.9. The largest absolute Gasteiger partial charge is 0.466 e. The van der Waals surface area contributed by atoms with Crippen LogP contribution in [0.1, 0.15) is 418 Å². The smallest absolute Gasteiger partial charge is 0.305 e. The molecule has 0 spiro atoms. The zero-order valence-corrected chi connectivity index (χ0v) is 56.2. The standard InChI is InChI=1S/C77H147NO5/c1-3-5-7-9-11-13-15-17-19-20-36-40-43-47-51-55-59-63-67-71-77(82)83-72-68-64-60-56-52-48-44-41-38-35-33-31-29-27-25-23-21-22-24-26-28-30-32-34-37-39-42-46-50-54-58-62-66-70-76(81)78-74(73-79)75(80)69-65-61-57-53-49-45-18-16-14-12-10-8-6-4-2/h25,27,31,33,65,69,74-75,79-80H,3-24,26,28-30,32,34-64,66-68,70-73H2,1-2H3,(H,78,81)/b27-25-,33-31-,69-65+. The lowest BCUT2D eigenvalue weighted by Gasteiger charge is -2.20. The van der Waals surface area contributed by atoms with Gasteiger partial charge in [-0.15, -0.1) is 0 Å². The Kier molecular flexibility index (Phi) is 70.9. The van der Waals surface area contributed by atoms with Crippen molar-refractivity contribution in [2.45, 2.75) is 431 Å². The third-order valence-corrected chi connectivity index (χ3v) is 17.7. The van der Waals surface area contributed by atoms with Crippen molar-refractivity contribution in [3.8, 4) is 0 Å². The Hall–Kier alpha value is -1.92. The molecule has 0 radical (unpaired) electrons. The van der Waals surface area contributed by atoms with E-state index in [4.69, 9.17) is 4.74 Å². The number of esters is 1. The van der Waals surface area contributed by atoms with E-state index in [1.165, 1.54) is 347 Å². The molecule has 2 atom stereocenters. The predicted octanol–water partition coefficient (Wildman–Crippen LogP) is 24.7. The van der Waals surface area contributed by atoms with Gasteiger partial charge in [0, 0.05) is 12.8 Å². The van der Waals surface area contributed by atoms with Gasteiger partial charge in [-0.05, 0) is 64.2 Å². The van der Waals surface area contributed by atoms with E-state index < -0.39 is 12.1 Å². The molecule has 2 unspecified atom stereocenters. The highest BCUT2D eigenvalue weighted by atomic mass is 16.5. The molecule has 0 rings (SSSR count). The number of ether oxygens (including phenoxy) is 1. The number of hydrogen-bond acceptors (Lipinski definition) is 5. The number of unbranched alkanes of at least 4 members (excludes halogenated alkanes) is 56. The predicted molar refractivity (Wildman–Crippen MR) is 366 cm³/mol. The van der Waals surface area contributed by atoms with Crippen LogP contribution in [0.2, 0.25) is 0 Å². The second-order valence-electron chi connectivity index (χ2n) is 26.0. The summed E-state index contributed by atoms with van der Waals surface area (Å²) in [5, 5.41) is 23.2. The molecule has 0 saturated carbocycles. The number of carbonyl (C=O) groups is 2. The molecule has 6 nitrogen and oxygen atoms in total. The number of hydrogen-bond donors (Lipinski definition) is 3. The molecule has 0 bridgehead atoms. The maximum absolute atomic E-state index is 12.5. The Balaban J connectivity index is 3.37. The van der Waals surface area contributed by atoms with Crippen LogP contribution in [0, 0.1) is 0 Å². The average molecular weight is 1170 g/mol. The van der Waals surface area contributed by atoms with Gasteiger partial charge >= 0.3 is 5.97 Å². The van der Waals surface area contributed by atoms with Crippen molar-refractivity contribution in [3.63, 3.8) is 0 Å². The van der Waals surface area contributed by atoms with Crippen LogP contribution in [-0.2, 0) is 14.3 Å². The van der Waals surface area contributed by atoms with E-state index in [0.29, 0.717) is 19.4 Å². The lowest BCUT2D eigenvalue weighted by atomic mass is 10.0. The molecule has 1 amide bonds. The van der Waals surface area contributed by atoms with E-state index >= 15 is 0 Å². The maximum atomic E-state index is 12.5. The molecule has 0 heterocycles. The molecule has 490 valence electrons. The lowest BCUT2D eigenvalue weighted by Crippen LogP contribution is -2.45. The summed E-state index contributed by atoms with van der Waals surface area (Å²) in [6.45, 7) is 4.94. The molecule has 83 heavy (non-hydrogen) atoms. The van der Waals surface area contributed by atoms with Gasteiger partial charge in [0.1, 0.15) is 0 Å². The first-order chi connectivity index (χ1) is 41.0. The van der Waals surface area contributed by atoms with Gasteiger partial charge < -0.3 is 20.3 Å². The van der Waals surface area contributed by atoms with Crippen LogP contribution in [0.15, 0.2) is 36.5 Å². The molecule has 0 aliphatic heterocycles. The first-order valence-corrected chi connectivity index (χ1v) is 37.8. The van der Waals surface area contributed by atoms with Crippen molar-refractivity contribution in [1.82, 2.24) is 5.32 Å². The summed E-state index contributed by atoms with van der Waals surface area (Å²) in [6, 6.07) is -0.626. The number of amides is 1. The Bertz CT molecular complexity index is 1340. The van der Waals surface area contributed by atoms with E-state index in [1.54, 1.807) is 6.08 Å². The normalized spacial score (nSPS) is 12.7. The molecule has 0 saturated heterocycles. The number of rotatable bonds is 71.